The van der Waals surface area contributed by atoms with E-state index in [0.717, 1.165) is 5.69 Å². The molecule has 0 bridgehead atoms. The molecular weight excluding hydrogens is 324 g/mol. The van der Waals surface area contributed by atoms with Gasteiger partial charge in [-0.05, 0) is 18.2 Å². The van der Waals surface area contributed by atoms with Crippen LogP contribution in [0.5, 0.6) is 0 Å². The van der Waals surface area contributed by atoms with Crippen LogP contribution in [-0.2, 0) is 19.7 Å². The molecule has 9 nitrogen and oxygen atoms in total. The van der Waals surface area contributed by atoms with Gasteiger partial charge in [0.25, 0.3) is 5.91 Å². The summed E-state index contributed by atoms with van der Waals surface area (Å²) in [5.74, 6) is -0.137. The van der Waals surface area contributed by atoms with E-state index < -0.39 is 0 Å². The number of nitrogens with zero attached hydrogens (tertiary/aromatic N) is 5. The summed E-state index contributed by atoms with van der Waals surface area (Å²) in [6, 6.07) is 6.93. The minimum Gasteiger partial charge on any atom is -0.390 e. The number of carbonyl (C=O) groups excluding carboxylic acids is 1. The van der Waals surface area contributed by atoms with E-state index in [2.05, 4.69) is 15.3 Å². The number of hydrogen-bond donors (Lipinski definition) is 2. The van der Waals surface area contributed by atoms with E-state index >= 15 is 0 Å². The Balaban J connectivity index is 1.62. The van der Waals surface area contributed by atoms with Crippen LogP contribution >= 0.6 is 0 Å². The number of H-pyrrole nitrogens is 1. The highest BCUT2D eigenvalue weighted by atomic mass is 16.3. The van der Waals surface area contributed by atoms with Gasteiger partial charge in [-0.25, -0.2) is 9.48 Å². The van der Waals surface area contributed by atoms with Gasteiger partial charge >= 0.3 is 5.69 Å². The second kappa shape index (κ2) is 6.02. The van der Waals surface area contributed by atoms with Gasteiger partial charge in [-0.1, -0.05) is 11.3 Å². The molecule has 0 aliphatic carbocycles. The molecule has 9 heteroatoms. The zero-order valence-corrected chi connectivity index (χ0v) is 13.3. The van der Waals surface area contributed by atoms with E-state index in [-0.39, 0.29) is 18.2 Å². The number of benzene rings is 1. The summed E-state index contributed by atoms with van der Waals surface area (Å²) < 4.78 is 3.15. The van der Waals surface area contributed by atoms with Crippen LogP contribution in [0.3, 0.4) is 0 Å². The van der Waals surface area contributed by atoms with E-state index in [1.54, 1.807) is 46.2 Å². The number of imidazole rings is 1. The fourth-order valence-corrected chi connectivity index (χ4v) is 2.99. The SMILES string of the molecule is O=C(c1cccc(-n2cc[nH]c2=O)c1)N1CCn2nnc(CO)c2C1. The smallest absolute Gasteiger partial charge is 0.330 e. The van der Waals surface area contributed by atoms with Crippen molar-refractivity contribution < 1.29 is 9.90 Å². The number of aliphatic hydroxyl groups excluding tert-OH is 1. The quantitative estimate of drug-likeness (QED) is 0.692. The summed E-state index contributed by atoms with van der Waals surface area (Å²) in [5.41, 5.74) is 2.10. The van der Waals surface area contributed by atoms with E-state index in [9.17, 15) is 14.7 Å². The Bertz CT molecular complexity index is 972. The van der Waals surface area contributed by atoms with Gasteiger partial charge < -0.3 is 15.0 Å². The van der Waals surface area contributed by atoms with Gasteiger partial charge in [0.05, 0.1) is 31.1 Å². The van der Waals surface area contributed by atoms with Crippen molar-refractivity contribution >= 4 is 5.91 Å². The molecule has 0 unspecified atom stereocenters. The van der Waals surface area contributed by atoms with Gasteiger partial charge in [0.2, 0.25) is 0 Å². The third-order valence-corrected chi connectivity index (χ3v) is 4.30. The number of hydrogen-bond acceptors (Lipinski definition) is 5. The largest absolute Gasteiger partial charge is 0.390 e. The van der Waals surface area contributed by atoms with Crippen molar-refractivity contribution in [2.45, 2.75) is 19.7 Å². The van der Waals surface area contributed by atoms with Crippen LogP contribution < -0.4 is 5.69 Å². The van der Waals surface area contributed by atoms with Crippen LogP contribution in [0.15, 0.2) is 41.5 Å². The fourth-order valence-electron chi connectivity index (χ4n) is 2.99. The normalized spacial score (nSPS) is 13.7. The lowest BCUT2D eigenvalue weighted by molar-refractivity contribution is 0.0704. The molecule has 0 fully saturated rings. The maximum Gasteiger partial charge on any atom is 0.330 e. The Morgan fingerprint density at radius 1 is 1.32 bits per heavy atom. The fraction of sp³-hybridized carbons (Fsp3) is 0.250. The van der Waals surface area contributed by atoms with E-state index in [1.807, 2.05) is 0 Å². The second-order valence-corrected chi connectivity index (χ2v) is 5.78. The Labute approximate surface area is 142 Å². The molecule has 3 aromatic rings. The summed E-state index contributed by atoms with van der Waals surface area (Å²) >= 11 is 0. The third kappa shape index (κ3) is 2.64. The number of rotatable bonds is 3. The lowest BCUT2D eigenvalue weighted by Gasteiger charge is -2.27. The molecule has 1 aliphatic heterocycles. The van der Waals surface area contributed by atoms with Crippen LogP contribution in [0.4, 0.5) is 0 Å². The highest BCUT2D eigenvalue weighted by Gasteiger charge is 2.25. The number of aromatic nitrogens is 5. The van der Waals surface area contributed by atoms with Crippen LogP contribution in [0.25, 0.3) is 5.69 Å². The lowest BCUT2D eigenvalue weighted by atomic mass is 10.1. The summed E-state index contributed by atoms with van der Waals surface area (Å²) in [6.45, 7) is 1.18. The minimum absolute atomic E-state index is 0.137. The van der Waals surface area contributed by atoms with Crippen molar-refractivity contribution in [3.8, 4) is 5.69 Å². The van der Waals surface area contributed by atoms with Gasteiger partial charge in [-0.2, -0.15) is 0 Å². The summed E-state index contributed by atoms with van der Waals surface area (Å²) in [6.07, 6.45) is 3.16. The summed E-state index contributed by atoms with van der Waals surface area (Å²) in [7, 11) is 0. The third-order valence-electron chi connectivity index (χ3n) is 4.30. The molecule has 25 heavy (non-hydrogen) atoms. The highest BCUT2D eigenvalue weighted by Crippen LogP contribution is 2.18. The van der Waals surface area contributed by atoms with Crippen molar-refractivity contribution in [3.63, 3.8) is 0 Å². The monoisotopic (exact) mass is 340 g/mol. The van der Waals surface area contributed by atoms with Crippen LogP contribution in [0, 0.1) is 0 Å². The molecule has 0 atom stereocenters. The summed E-state index contributed by atoms with van der Waals surface area (Å²) in [5, 5.41) is 17.2. The molecule has 1 aromatic carbocycles. The molecule has 2 N–H and O–H groups in total. The van der Waals surface area contributed by atoms with Crippen LogP contribution in [0.1, 0.15) is 21.7 Å². The summed E-state index contributed by atoms with van der Waals surface area (Å²) in [4.78, 5) is 28.9. The molecule has 1 aliphatic rings. The van der Waals surface area contributed by atoms with Crippen LogP contribution in [-0.4, -0.2) is 47.0 Å². The first-order chi connectivity index (χ1) is 12.2. The zero-order chi connectivity index (χ0) is 17.4. The van der Waals surface area contributed by atoms with Gasteiger partial charge in [0, 0.05) is 24.5 Å². The maximum atomic E-state index is 12.9. The average Bonchev–Trinajstić information content (AvgIpc) is 3.26. The molecule has 3 heterocycles. The molecule has 4 rings (SSSR count). The first kappa shape index (κ1) is 15.3. The van der Waals surface area contributed by atoms with Crippen molar-refractivity contribution in [1.29, 1.82) is 0 Å². The number of fused-ring (bicyclic) bond motifs is 1. The second-order valence-electron chi connectivity index (χ2n) is 5.78. The van der Waals surface area contributed by atoms with E-state index in [1.165, 1.54) is 4.57 Å². The minimum atomic E-state index is -0.259. The van der Waals surface area contributed by atoms with Crippen molar-refractivity contribution in [1.82, 2.24) is 29.4 Å². The highest BCUT2D eigenvalue weighted by molar-refractivity contribution is 5.94. The van der Waals surface area contributed by atoms with Gasteiger partial charge in [0.15, 0.2) is 0 Å². The molecule has 1 amide bonds. The molecule has 0 saturated carbocycles. The molecule has 0 saturated heterocycles. The molecule has 0 spiro atoms. The Hall–Kier alpha value is -3.20. The standard InChI is InChI=1S/C16H16N6O3/c23-10-13-14-9-20(6-7-22(14)19-18-13)15(24)11-2-1-3-12(8-11)21-5-4-17-16(21)25/h1-5,8,23H,6-7,9-10H2,(H,17,25). The van der Waals surface area contributed by atoms with Crippen molar-refractivity contribution in [2.24, 2.45) is 0 Å². The Morgan fingerprint density at radius 3 is 2.96 bits per heavy atom. The molecule has 0 radical (unpaired) electrons. The predicted molar refractivity (Wildman–Crippen MR) is 87.1 cm³/mol. The number of amides is 1. The van der Waals surface area contributed by atoms with Gasteiger partial charge in [0.1, 0.15) is 5.69 Å². The first-order valence-electron chi connectivity index (χ1n) is 7.85. The number of carbonyl (C=O) groups is 1. The maximum absolute atomic E-state index is 12.9. The number of aliphatic hydroxyl groups is 1. The Morgan fingerprint density at radius 2 is 2.20 bits per heavy atom. The van der Waals surface area contributed by atoms with Gasteiger partial charge in [-0.15, -0.1) is 5.10 Å². The predicted octanol–water partition coefficient (Wildman–Crippen LogP) is -0.0946. The van der Waals surface area contributed by atoms with Crippen molar-refractivity contribution in [2.75, 3.05) is 6.54 Å². The number of nitrogens with one attached hydrogen (secondary N) is 1. The molecule has 2 aromatic heterocycles. The Kier molecular flexibility index (Phi) is 3.69. The molecule has 128 valence electrons. The van der Waals surface area contributed by atoms with E-state index in [0.29, 0.717) is 36.6 Å². The molecular formula is C16H16N6O3. The zero-order valence-electron chi connectivity index (χ0n) is 13.3. The lowest BCUT2D eigenvalue weighted by Crippen LogP contribution is -2.38. The topological polar surface area (TPSA) is 109 Å². The van der Waals surface area contributed by atoms with E-state index in [4.69, 9.17) is 0 Å². The van der Waals surface area contributed by atoms with Crippen molar-refractivity contribution in [3.05, 3.63) is 64.1 Å². The first-order valence-corrected chi connectivity index (χ1v) is 7.85. The average molecular weight is 340 g/mol. The van der Waals surface area contributed by atoms with Gasteiger partial charge in [-0.3, -0.25) is 9.36 Å². The van der Waals surface area contributed by atoms with Crippen LogP contribution in [0.2, 0.25) is 0 Å². The number of aromatic amines is 1.